The molecular formula is C4H7NO. The van der Waals surface area contributed by atoms with Crippen molar-refractivity contribution in [2.24, 2.45) is 0 Å². The SMILES string of the molecule is [CH2]C[CH]NC=O. The van der Waals surface area contributed by atoms with Crippen LogP contribution in [0.3, 0.4) is 0 Å². The molecule has 0 spiro atoms. The Bertz CT molecular complexity index is 36.5. The van der Waals surface area contributed by atoms with E-state index in [0.29, 0.717) is 12.8 Å². The van der Waals surface area contributed by atoms with Crippen molar-refractivity contribution in [2.45, 2.75) is 6.42 Å². The number of nitrogens with one attached hydrogen (secondary N) is 1. The van der Waals surface area contributed by atoms with Gasteiger partial charge in [0.25, 0.3) is 0 Å². The molecule has 0 aromatic heterocycles. The van der Waals surface area contributed by atoms with E-state index in [-0.39, 0.29) is 0 Å². The van der Waals surface area contributed by atoms with Gasteiger partial charge in [-0.3, -0.25) is 4.79 Å². The van der Waals surface area contributed by atoms with Crippen molar-refractivity contribution in [2.75, 3.05) is 0 Å². The molecule has 0 aromatic carbocycles. The van der Waals surface area contributed by atoms with Gasteiger partial charge in [-0.2, -0.15) is 0 Å². The Hall–Kier alpha value is -0.530. The summed E-state index contributed by atoms with van der Waals surface area (Å²) in [4.78, 5) is 9.39. The highest BCUT2D eigenvalue weighted by Gasteiger charge is 1.71. The molecule has 2 heteroatoms. The number of amides is 1. The van der Waals surface area contributed by atoms with E-state index >= 15 is 0 Å². The molecule has 0 rings (SSSR count). The molecule has 0 saturated carbocycles. The Morgan fingerprint density at radius 2 is 2.50 bits per heavy atom. The van der Waals surface area contributed by atoms with Gasteiger partial charge in [0.1, 0.15) is 0 Å². The number of hydrogen-bond donors (Lipinski definition) is 1. The van der Waals surface area contributed by atoms with Crippen LogP contribution in [0.5, 0.6) is 0 Å². The summed E-state index contributed by atoms with van der Waals surface area (Å²) in [6, 6.07) is 0. The fourth-order valence-electron chi connectivity index (χ4n) is 0.131. The molecule has 0 unspecified atom stereocenters. The summed E-state index contributed by atoms with van der Waals surface area (Å²) in [5, 5.41) is 2.33. The van der Waals surface area contributed by atoms with Gasteiger partial charge in [-0.05, 0) is 6.42 Å². The fourth-order valence-corrected chi connectivity index (χ4v) is 0.131. The Balaban J connectivity index is 2.49. The Morgan fingerprint density at radius 3 is 2.67 bits per heavy atom. The predicted molar refractivity (Wildman–Crippen MR) is 23.5 cm³/mol. The Labute approximate surface area is 37.5 Å². The Morgan fingerprint density at radius 1 is 1.83 bits per heavy atom. The lowest BCUT2D eigenvalue weighted by Gasteiger charge is -1.84. The molecule has 0 aliphatic carbocycles. The second-order valence-electron chi connectivity index (χ2n) is 0.777. The highest BCUT2D eigenvalue weighted by Crippen LogP contribution is 1.70. The van der Waals surface area contributed by atoms with Gasteiger partial charge in [0, 0.05) is 6.54 Å². The summed E-state index contributed by atoms with van der Waals surface area (Å²) in [5.74, 6) is 0. The van der Waals surface area contributed by atoms with E-state index in [1.165, 1.54) is 0 Å². The number of carbonyl (C=O) groups excluding carboxylic acids is 1. The van der Waals surface area contributed by atoms with Crippen LogP contribution < -0.4 is 5.32 Å². The van der Waals surface area contributed by atoms with Crippen LogP contribution in [0.25, 0.3) is 0 Å². The van der Waals surface area contributed by atoms with Gasteiger partial charge in [-0.1, -0.05) is 6.92 Å². The molecule has 0 atom stereocenters. The predicted octanol–water partition coefficient (Wildman–Crippen LogP) is 0.118. The van der Waals surface area contributed by atoms with E-state index in [1.807, 2.05) is 0 Å². The minimum absolute atomic E-state index is 0.616. The van der Waals surface area contributed by atoms with Crippen LogP contribution in [0.1, 0.15) is 6.42 Å². The summed E-state index contributed by atoms with van der Waals surface area (Å²) in [6.07, 6.45) is 1.25. The minimum atomic E-state index is 0.616. The lowest BCUT2D eigenvalue weighted by molar-refractivity contribution is -0.109. The lowest BCUT2D eigenvalue weighted by Crippen LogP contribution is -2.03. The van der Waals surface area contributed by atoms with Crippen molar-refractivity contribution in [1.82, 2.24) is 5.32 Å². The van der Waals surface area contributed by atoms with E-state index in [0.717, 1.165) is 0 Å². The van der Waals surface area contributed by atoms with Crippen molar-refractivity contribution < 1.29 is 4.79 Å². The molecule has 0 aliphatic rings. The van der Waals surface area contributed by atoms with Crippen LogP contribution in [-0.4, -0.2) is 6.41 Å². The molecule has 1 N–H and O–H groups in total. The third-order valence-corrected chi connectivity index (χ3v) is 0.330. The second-order valence-corrected chi connectivity index (χ2v) is 0.777. The quantitative estimate of drug-likeness (QED) is 0.382. The van der Waals surface area contributed by atoms with Crippen molar-refractivity contribution in [3.05, 3.63) is 13.5 Å². The van der Waals surface area contributed by atoms with E-state index in [4.69, 9.17) is 0 Å². The highest BCUT2D eigenvalue weighted by molar-refractivity contribution is 5.46. The van der Waals surface area contributed by atoms with Gasteiger partial charge in [-0.25, -0.2) is 0 Å². The molecule has 34 valence electrons. The zero-order valence-electron chi connectivity index (χ0n) is 3.48. The second kappa shape index (κ2) is 4.47. The normalized spacial score (nSPS) is 7.50. The molecule has 6 heavy (non-hydrogen) atoms. The van der Waals surface area contributed by atoms with E-state index < -0.39 is 0 Å². The first kappa shape index (κ1) is 5.47. The molecule has 2 radical (unpaired) electrons. The van der Waals surface area contributed by atoms with Gasteiger partial charge < -0.3 is 5.32 Å². The van der Waals surface area contributed by atoms with Crippen molar-refractivity contribution in [3.63, 3.8) is 0 Å². The van der Waals surface area contributed by atoms with Gasteiger partial charge in [-0.15, -0.1) is 0 Å². The number of hydrogen-bond acceptors (Lipinski definition) is 1. The van der Waals surface area contributed by atoms with E-state index in [1.54, 1.807) is 6.54 Å². The molecular weight excluding hydrogens is 78.0 g/mol. The molecule has 0 saturated heterocycles. The fraction of sp³-hybridized carbons (Fsp3) is 0.250. The number of carbonyl (C=O) groups is 1. The van der Waals surface area contributed by atoms with Crippen molar-refractivity contribution >= 4 is 6.41 Å². The van der Waals surface area contributed by atoms with Gasteiger partial charge >= 0.3 is 0 Å². The van der Waals surface area contributed by atoms with Crippen LogP contribution in [-0.2, 0) is 4.79 Å². The maximum absolute atomic E-state index is 9.39. The van der Waals surface area contributed by atoms with Crippen LogP contribution in [0.2, 0.25) is 0 Å². The molecule has 0 fully saturated rings. The van der Waals surface area contributed by atoms with Gasteiger partial charge in [0.15, 0.2) is 0 Å². The zero-order chi connectivity index (χ0) is 4.83. The van der Waals surface area contributed by atoms with E-state index in [2.05, 4.69) is 12.2 Å². The third-order valence-electron chi connectivity index (χ3n) is 0.330. The summed E-state index contributed by atoms with van der Waals surface area (Å²) < 4.78 is 0. The maximum atomic E-state index is 9.39. The first-order chi connectivity index (χ1) is 2.91. The van der Waals surface area contributed by atoms with Crippen LogP contribution in [0, 0.1) is 13.5 Å². The van der Waals surface area contributed by atoms with Crippen molar-refractivity contribution in [1.29, 1.82) is 0 Å². The molecule has 0 aliphatic heterocycles. The summed E-state index contributed by atoms with van der Waals surface area (Å²) in [6.45, 7) is 5.02. The topological polar surface area (TPSA) is 29.1 Å². The standard InChI is InChI=1S/C4H7NO/c1-2-3-5-4-6/h3-4H,1-2H2,(H,5,6). The zero-order valence-corrected chi connectivity index (χ0v) is 3.48. The largest absolute Gasteiger partial charge is 0.354 e. The van der Waals surface area contributed by atoms with Crippen molar-refractivity contribution in [3.8, 4) is 0 Å². The third kappa shape index (κ3) is 3.47. The molecule has 0 aromatic rings. The number of rotatable bonds is 3. The van der Waals surface area contributed by atoms with Gasteiger partial charge in [0.2, 0.25) is 6.41 Å². The summed E-state index contributed by atoms with van der Waals surface area (Å²) in [5.41, 5.74) is 0. The van der Waals surface area contributed by atoms with E-state index in [9.17, 15) is 4.79 Å². The molecule has 0 bridgehead atoms. The van der Waals surface area contributed by atoms with Crippen LogP contribution >= 0.6 is 0 Å². The van der Waals surface area contributed by atoms with Crippen LogP contribution in [0.15, 0.2) is 0 Å². The molecule has 0 heterocycles. The molecule has 1 amide bonds. The average molecular weight is 85.1 g/mol. The van der Waals surface area contributed by atoms with Gasteiger partial charge in [0.05, 0.1) is 0 Å². The minimum Gasteiger partial charge on any atom is -0.354 e. The highest BCUT2D eigenvalue weighted by atomic mass is 16.1. The summed E-state index contributed by atoms with van der Waals surface area (Å²) in [7, 11) is 0. The first-order valence-electron chi connectivity index (χ1n) is 1.72. The lowest BCUT2D eigenvalue weighted by atomic mass is 10.5. The summed E-state index contributed by atoms with van der Waals surface area (Å²) >= 11 is 0. The average Bonchev–Trinajstić information content (AvgIpc) is 1.61. The monoisotopic (exact) mass is 85.1 g/mol. The maximum Gasteiger partial charge on any atom is 0.207 e. The molecule has 2 nitrogen and oxygen atoms in total. The Kier molecular flexibility index (Phi) is 4.08. The van der Waals surface area contributed by atoms with Crippen LogP contribution in [0.4, 0.5) is 0 Å². The smallest absolute Gasteiger partial charge is 0.207 e. The first-order valence-corrected chi connectivity index (χ1v) is 1.72.